The van der Waals surface area contributed by atoms with Crippen LogP contribution in [0.2, 0.25) is 0 Å². The molecule has 0 radical (unpaired) electrons. The highest BCUT2D eigenvalue weighted by atomic mass is 16.3. The lowest BCUT2D eigenvalue weighted by molar-refractivity contribution is 0.135. The molecule has 1 aliphatic heterocycles. The largest absolute Gasteiger partial charge is 0.396 e. The topological polar surface area (TPSA) is 35.5 Å². The fourth-order valence-electron chi connectivity index (χ4n) is 2.72. The third-order valence-electron chi connectivity index (χ3n) is 4.55. The van der Waals surface area contributed by atoms with E-state index in [1.165, 1.54) is 17.7 Å². The van der Waals surface area contributed by atoms with Crippen LogP contribution in [0.25, 0.3) is 0 Å². The predicted molar refractivity (Wildman–Crippen MR) is 85.3 cm³/mol. The van der Waals surface area contributed by atoms with Crippen molar-refractivity contribution in [2.75, 3.05) is 37.7 Å². The highest BCUT2D eigenvalue weighted by Gasteiger charge is 2.20. The molecule has 20 heavy (non-hydrogen) atoms. The van der Waals surface area contributed by atoms with Crippen LogP contribution in [-0.4, -0.2) is 37.9 Å². The van der Waals surface area contributed by atoms with Gasteiger partial charge in [0.1, 0.15) is 0 Å². The van der Waals surface area contributed by atoms with Crippen molar-refractivity contribution in [1.29, 1.82) is 0 Å². The summed E-state index contributed by atoms with van der Waals surface area (Å²) in [4.78, 5) is 2.49. The van der Waals surface area contributed by atoms with Crippen LogP contribution in [0.5, 0.6) is 0 Å². The van der Waals surface area contributed by atoms with Gasteiger partial charge in [0.05, 0.1) is 0 Å². The quantitative estimate of drug-likeness (QED) is 0.716. The normalized spacial score (nSPS) is 17.1. The number of aliphatic hydroxyl groups is 1. The summed E-state index contributed by atoms with van der Waals surface area (Å²) in [6.45, 7) is 8.73. The summed E-state index contributed by atoms with van der Waals surface area (Å²) in [5.41, 5.74) is 2.93. The molecule has 3 nitrogen and oxygen atoms in total. The van der Waals surface area contributed by atoms with Gasteiger partial charge in [0, 0.05) is 37.3 Å². The van der Waals surface area contributed by atoms with Gasteiger partial charge in [-0.05, 0) is 37.4 Å². The molecule has 0 bridgehead atoms. The number of nitrogens with one attached hydrogen (secondary N) is 1. The Hall–Kier alpha value is -1.06. The first-order valence-corrected chi connectivity index (χ1v) is 7.83. The zero-order valence-electron chi connectivity index (χ0n) is 12.9. The molecule has 0 saturated carbocycles. The summed E-state index contributed by atoms with van der Waals surface area (Å²) >= 11 is 0. The lowest BCUT2D eigenvalue weighted by Crippen LogP contribution is -2.35. The van der Waals surface area contributed by atoms with E-state index in [9.17, 15) is 5.11 Å². The molecule has 0 aliphatic carbocycles. The number of aliphatic hydroxyl groups excluding tert-OH is 1. The van der Waals surface area contributed by atoms with E-state index in [0.717, 1.165) is 39.0 Å². The third kappa shape index (κ3) is 3.74. The minimum absolute atomic E-state index is 0.0280. The second kappa shape index (κ2) is 7.09. The summed E-state index contributed by atoms with van der Waals surface area (Å²) in [6.07, 6.45) is 3.34. The summed E-state index contributed by atoms with van der Waals surface area (Å²) in [7, 11) is 0. The Morgan fingerprint density at radius 2 is 2.15 bits per heavy atom. The summed E-state index contributed by atoms with van der Waals surface area (Å²) in [5, 5.41) is 12.9. The Morgan fingerprint density at radius 1 is 1.35 bits per heavy atom. The van der Waals surface area contributed by atoms with Crippen LogP contribution >= 0.6 is 0 Å². The van der Waals surface area contributed by atoms with Crippen molar-refractivity contribution in [3.05, 3.63) is 29.8 Å². The van der Waals surface area contributed by atoms with Gasteiger partial charge in [-0.15, -0.1) is 0 Å². The van der Waals surface area contributed by atoms with E-state index < -0.39 is 0 Å². The Morgan fingerprint density at radius 3 is 2.90 bits per heavy atom. The Balaban J connectivity index is 1.68. The average Bonchev–Trinajstić information content (AvgIpc) is 2.90. The molecule has 2 N–H and O–H groups in total. The highest BCUT2D eigenvalue weighted by molar-refractivity contribution is 5.57. The number of anilines is 1. The number of para-hydroxylation sites is 1. The Labute approximate surface area is 123 Å². The van der Waals surface area contributed by atoms with Crippen molar-refractivity contribution >= 4 is 5.69 Å². The summed E-state index contributed by atoms with van der Waals surface area (Å²) in [5.74, 6) is 0. The molecular weight excluding hydrogens is 248 g/mol. The maximum Gasteiger partial charge on any atom is 0.0496 e. The van der Waals surface area contributed by atoms with Gasteiger partial charge in [-0.25, -0.2) is 0 Å². The molecule has 3 heteroatoms. The van der Waals surface area contributed by atoms with Gasteiger partial charge < -0.3 is 15.3 Å². The van der Waals surface area contributed by atoms with E-state index in [4.69, 9.17) is 0 Å². The van der Waals surface area contributed by atoms with Crippen LogP contribution < -0.4 is 10.2 Å². The molecule has 1 unspecified atom stereocenters. The van der Waals surface area contributed by atoms with Crippen molar-refractivity contribution in [2.45, 2.75) is 33.1 Å². The molecule has 2 rings (SSSR count). The monoisotopic (exact) mass is 276 g/mol. The Kier molecular flexibility index (Phi) is 5.44. The van der Waals surface area contributed by atoms with Crippen LogP contribution in [0.4, 0.5) is 5.69 Å². The number of fused-ring (bicyclic) bond motifs is 1. The van der Waals surface area contributed by atoms with Crippen LogP contribution in [-0.2, 0) is 6.42 Å². The number of rotatable bonds is 8. The molecule has 1 aromatic carbocycles. The molecule has 0 spiro atoms. The first-order chi connectivity index (χ1) is 9.68. The lowest BCUT2D eigenvalue weighted by atomic mass is 9.89. The standard InChI is InChI=1S/C17H28N2O/c1-3-17(2,14-20)13-18-10-6-11-19-12-9-15-7-4-5-8-16(15)19/h4-5,7-8,18,20H,3,6,9-14H2,1-2H3. The van der Waals surface area contributed by atoms with Gasteiger partial charge in [0.15, 0.2) is 0 Å². The molecule has 0 aromatic heterocycles. The molecule has 0 fully saturated rings. The second-order valence-corrected chi connectivity index (χ2v) is 6.22. The van der Waals surface area contributed by atoms with E-state index in [0.29, 0.717) is 0 Å². The first kappa shape index (κ1) is 15.3. The second-order valence-electron chi connectivity index (χ2n) is 6.22. The van der Waals surface area contributed by atoms with Gasteiger partial charge in [0.2, 0.25) is 0 Å². The van der Waals surface area contributed by atoms with Crippen molar-refractivity contribution < 1.29 is 5.11 Å². The number of hydrogen-bond acceptors (Lipinski definition) is 3. The van der Waals surface area contributed by atoms with E-state index >= 15 is 0 Å². The van der Waals surface area contributed by atoms with Crippen molar-refractivity contribution in [1.82, 2.24) is 5.32 Å². The Bertz CT molecular complexity index is 415. The molecule has 1 atom stereocenters. The number of nitrogens with zero attached hydrogens (tertiary/aromatic N) is 1. The number of hydrogen-bond donors (Lipinski definition) is 2. The van der Waals surface area contributed by atoms with Crippen LogP contribution in [0.1, 0.15) is 32.3 Å². The minimum Gasteiger partial charge on any atom is -0.396 e. The first-order valence-electron chi connectivity index (χ1n) is 7.83. The number of benzene rings is 1. The minimum atomic E-state index is 0.0280. The van der Waals surface area contributed by atoms with Crippen LogP contribution in [0.3, 0.4) is 0 Å². The SMILES string of the molecule is CCC(C)(CO)CNCCCN1CCc2ccccc21. The lowest BCUT2D eigenvalue weighted by Gasteiger charge is -2.26. The molecule has 1 aromatic rings. The van der Waals surface area contributed by atoms with Gasteiger partial charge in [-0.1, -0.05) is 32.0 Å². The molecular formula is C17H28N2O. The van der Waals surface area contributed by atoms with Gasteiger partial charge >= 0.3 is 0 Å². The maximum atomic E-state index is 9.38. The van der Waals surface area contributed by atoms with Crippen LogP contribution in [0, 0.1) is 5.41 Å². The zero-order chi connectivity index (χ0) is 14.4. The third-order valence-corrected chi connectivity index (χ3v) is 4.55. The van der Waals surface area contributed by atoms with Crippen molar-refractivity contribution in [3.8, 4) is 0 Å². The maximum absolute atomic E-state index is 9.38. The average molecular weight is 276 g/mol. The highest BCUT2D eigenvalue weighted by Crippen LogP contribution is 2.27. The van der Waals surface area contributed by atoms with Gasteiger partial charge in [0.25, 0.3) is 0 Å². The van der Waals surface area contributed by atoms with Crippen molar-refractivity contribution in [3.63, 3.8) is 0 Å². The van der Waals surface area contributed by atoms with E-state index in [2.05, 4.69) is 48.3 Å². The van der Waals surface area contributed by atoms with Gasteiger partial charge in [-0.3, -0.25) is 0 Å². The molecule has 112 valence electrons. The van der Waals surface area contributed by atoms with E-state index in [-0.39, 0.29) is 12.0 Å². The van der Waals surface area contributed by atoms with E-state index in [1.54, 1.807) is 0 Å². The fraction of sp³-hybridized carbons (Fsp3) is 0.647. The molecule has 0 amide bonds. The van der Waals surface area contributed by atoms with E-state index in [1.807, 2.05) is 0 Å². The van der Waals surface area contributed by atoms with Crippen molar-refractivity contribution in [2.24, 2.45) is 5.41 Å². The zero-order valence-corrected chi connectivity index (χ0v) is 12.9. The van der Waals surface area contributed by atoms with Gasteiger partial charge in [-0.2, -0.15) is 0 Å². The molecule has 0 saturated heterocycles. The molecule has 1 heterocycles. The molecule has 1 aliphatic rings. The summed E-state index contributed by atoms with van der Waals surface area (Å²) in [6, 6.07) is 8.73. The fourth-order valence-corrected chi connectivity index (χ4v) is 2.72. The smallest absolute Gasteiger partial charge is 0.0496 e. The summed E-state index contributed by atoms with van der Waals surface area (Å²) < 4.78 is 0. The van der Waals surface area contributed by atoms with Crippen LogP contribution in [0.15, 0.2) is 24.3 Å². The predicted octanol–water partition coefficient (Wildman–Crippen LogP) is 2.44.